The van der Waals surface area contributed by atoms with Gasteiger partial charge < -0.3 is 10.1 Å². The first kappa shape index (κ1) is 21.7. The van der Waals surface area contributed by atoms with Crippen LogP contribution in [0.25, 0.3) is 0 Å². The van der Waals surface area contributed by atoms with Gasteiger partial charge >= 0.3 is 5.97 Å². The van der Waals surface area contributed by atoms with Gasteiger partial charge in [0.05, 0.1) is 22.1 Å². The van der Waals surface area contributed by atoms with Crippen LogP contribution in [0.4, 0.5) is 5.00 Å². The summed E-state index contributed by atoms with van der Waals surface area (Å²) in [5, 5.41) is 4.00. The molecule has 1 aromatic rings. The lowest BCUT2D eigenvalue weighted by atomic mass is 9.68. The quantitative estimate of drug-likeness (QED) is 0.404. The largest absolute Gasteiger partial charge is 0.468 e. The summed E-state index contributed by atoms with van der Waals surface area (Å²) >= 11 is 2.99. The van der Waals surface area contributed by atoms with Crippen molar-refractivity contribution in [2.45, 2.75) is 74.8 Å². The van der Waals surface area contributed by atoms with Crippen molar-refractivity contribution in [1.82, 2.24) is 0 Å². The van der Waals surface area contributed by atoms with Gasteiger partial charge in [0, 0.05) is 6.42 Å². The molecule has 0 unspecified atom stereocenters. The van der Waals surface area contributed by atoms with Gasteiger partial charge in [0.1, 0.15) is 0 Å². The summed E-state index contributed by atoms with van der Waals surface area (Å²) < 4.78 is 5.70. The molecule has 2 fully saturated rings. The summed E-state index contributed by atoms with van der Waals surface area (Å²) in [5.74, 6) is 2.25. The first-order valence-electron chi connectivity index (χ1n) is 10.7. The van der Waals surface area contributed by atoms with Crippen molar-refractivity contribution in [3.8, 4) is 0 Å². The smallest absolute Gasteiger partial charge is 0.316 e. The number of amides is 1. The van der Waals surface area contributed by atoms with Gasteiger partial charge in [0.15, 0.2) is 0 Å². The monoisotopic (exact) mass is 423 g/mol. The Morgan fingerprint density at radius 2 is 1.68 bits per heavy atom. The number of anilines is 1. The number of thiophene rings is 1. The number of hydrogen-bond acceptors (Lipinski definition) is 5. The molecule has 2 saturated carbocycles. The molecule has 2 aliphatic carbocycles. The Morgan fingerprint density at radius 3 is 2.25 bits per heavy atom. The van der Waals surface area contributed by atoms with Gasteiger partial charge in [-0.15, -0.1) is 23.1 Å². The second kappa shape index (κ2) is 11.2. The van der Waals surface area contributed by atoms with Crippen molar-refractivity contribution < 1.29 is 14.3 Å². The zero-order valence-corrected chi connectivity index (χ0v) is 18.5. The summed E-state index contributed by atoms with van der Waals surface area (Å²) in [6, 6.07) is 3.91. The van der Waals surface area contributed by atoms with Crippen molar-refractivity contribution in [1.29, 1.82) is 0 Å². The lowest BCUT2D eigenvalue weighted by molar-refractivity contribution is -0.137. The van der Waals surface area contributed by atoms with Crippen molar-refractivity contribution in [2.75, 3.05) is 18.2 Å². The molecular formula is C22H33NO3S2. The fraction of sp³-hybridized carbons (Fsp3) is 0.727. The molecule has 0 bridgehead atoms. The summed E-state index contributed by atoms with van der Waals surface area (Å²) in [7, 11) is 1.40. The molecule has 2 aliphatic rings. The highest BCUT2D eigenvalue weighted by molar-refractivity contribution is 8.01. The SMILES string of the molecule is COC(=O)CSc1ccc(NC(=O)CC(C2CCCCC2)C2CCCCC2)s1. The van der Waals surface area contributed by atoms with E-state index in [2.05, 4.69) is 10.1 Å². The van der Waals surface area contributed by atoms with Crippen LogP contribution in [0.15, 0.2) is 16.3 Å². The molecular weight excluding hydrogens is 390 g/mol. The molecule has 1 amide bonds. The van der Waals surface area contributed by atoms with Crippen LogP contribution in [0, 0.1) is 17.8 Å². The summed E-state index contributed by atoms with van der Waals surface area (Å²) in [4.78, 5) is 24.1. The minimum atomic E-state index is -0.230. The number of ether oxygens (including phenoxy) is 1. The standard InChI is InChI=1S/C22H33NO3S2/c1-26-21(25)15-27-22-13-12-20(28-22)23-19(24)14-18(16-8-4-2-5-9-16)17-10-6-3-7-11-17/h12-13,16-18H,2-11,14-15H2,1H3,(H,23,24). The topological polar surface area (TPSA) is 55.4 Å². The first-order valence-corrected chi connectivity index (χ1v) is 12.5. The maximum atomic E-state index is 12.8. The third-order valence-corrected chi connectivity index (χ3v) is 8.54. The summed E-state index contributed by atoms with van der Waals surface area (Å²) in [6.45, 7) is 0. The predicted octanol–water partition coefficient (Wildman–Crippen LogP) is 6.12. The average molecular weight is 424 g/mol. The Labute approximate surface area is 177 Å². The minimum absolute atomic E-state index is 0.160. The molecule has 4 nitrogen and oxygen atoms in total. The van der Waals surface area contributed by atoms with E-state index in [-0.39, 0.29) is 11.9 Å². The Morgan fingerprint density at radius 1 is 1.07 bits per heavy atom. The van der Waals surface area contributed by atoms with E-state index in [1.807, 2.05) is 12.1 Å². The van der Waals surface area contributed by atoms with Crippen molar-refractivity contribution in [3.05, 3.63) is 12.1 Å². The van der Waals surface area contributed by atoms with Crippen LogP contribution >= 0.6 is 23.1 Å². The summed E-state index contributed by atoms with van der Waals surface area (Å²) in [5.41, 5.74) is 0. The molecule has 156 valence electrons. The van der Waals surface area contributed by atoms with Gasteiger partial charge in [-0.05, 0) is 29.9 Å². The normalized spacial score (nSPS) is 18.9. The molecule has 0 saturated heterocycles. The van der Waals surface area contributed by atoms with Crippen LogP contribution < -0.4 is 5.32 Å². The Bertz CT molecular complexity index is 615. The number of methoxy groups -OCH3 is 1. The molecule has 0 aliphatic heterocycles. The maximum Gasteiger partial charge on any atom is 0.316 e. The second-order valence-electron chi connectivity index (χ2n) is 8.20. The van der Waals surface area contributed by atoms with Crippen LogP contribution in [0.2, 0.25) is 0 Å². The first-order chi connectivity index (χ1) is 13.7. The molecule has 1 N–H and O–H groups in total. The number of nitrogens with one attached hydrogen (secondary N) is 1. The molecule has 1 heterocycles. The second-order valence-corrected chi connectivity index (χ2v) is 10.6. The van der Waals surface area contributed by atoms with E-state index >= 15 is 0 Å². The number of carbonyl (C=O) groups excluding carboxylic acids is 2. The third-order valence-electron chi connectivity index (χ3n) is 6.34. The fourth-order valence-electron chi connectivity index (χ4n) is 4.90. The lowest BCUT2D eigenvalue weighted by Gasteiger charge is -2.37. The number of esters is 1. The Balaban J connectivity index is 1.55. The van der Waals surface area contributed by atoms with Crippen LogP contribution in [0.3, 0.4) is 0 Å². The van der Waals surface area contributed by atoms with Gasteiger partial charge in [-0.25, -0.2) is 0 Å². The highest BCUT2D eigenvalue weighted by Gasteiger charge is 2.33. The van der Waals surface area contributed by atoms with Crippen LogP contribution in [0.5, 0.6) is 0 Å². The van der Waals surface area contributed by atoms with E-state index in [0.29, 0.717) is 18.1 Å². The molecule has 0 aromatic carbocycles. The zero-order chi connectivity index (χ0) is 19.8. The number of rotatable bonds is 8. The van der Waals surface area contributed by atoms with E-state index in [1.165, 1.54) is 94.4 Å². The summed E-state index contributed by atoms with van der Waals surface area (Å²) in [6.07, 6.45) is 14.0. The van der Waals surface area contributed by atoms with Crippen molar-refractivity contribution >= 4 is 40.0 Å². The van der Waals surface area contributed by atoms with E-state index < -0.39 is 0 Å². The van der Waals surface area contributed by atoms with E-state index in [0.717, 1.165) is 21.0 Å². The van der Waals surface area contributed by atoms with E-state index in [1.54, 1.807) is 0 Å². The van der Waals surface area contributed by atoms with Gasteiger partial charge in [-0.1, -0.05) is 64.2 Å². The zero-order valence-electron chi connectivity index (χ0n) is 16.9. The average Bonchev–Trinajstić information content (AvgIpc) is 3.18. The molecule has 0 atom stereocenters. The number of thioether (sulfide) groups is 1. The van der Waals surface area contributed by atoms with Crippen molar-refractivity contribution in [3.63, 3.8) is 0 Å². The minimum Gasteiger partial charge on any atom is -0.468 e. The van der Waals surface area contributed by atoms with E-state index in [9.17, 15) is 9.59 Å². The van der Waals surface area contributed by atoms with E-state index in [4.69, 9.17) is 0 Å². The number of carbonyl (C=O) groups is 2. The fourth-order valence-corrected chi connectivity index (χ4v) is 6.78. The predicted molar refractivity (Wildman–Crippen MR) is 117 cm³/mol. The van der Waals surface area contributed by atoms with Gasteiger partial charge in [0.25, 0.3) is 0 Å². The van der Waals surface area contributed by atoms with Crippen LogP contribution in [-0.2, 0) is 14.3 Å². The molecule has 0 radical (unpaired) electrons. The molecule has 6 heteroatoms. The van der Waals surface area contributed by atoms with Crippen LogP contribution in [0.1, 0.15) is 70.6 Å². The van der Waals surface area contributed by atoms with Gasteiger partial charge in [0.2, 0.25) is 5.91 Å². The molecule has 3 rings (SSSR count). The van der Waals surface area contributed by atoms with Gasteiger partial charge in [-0.3, -0.25) is 9.59 Å². The molecule has 1 aromatic heterocycles. The Hall–Kier alpha value is -1.01. The highest BCUT2D eigenvalue weighted by atomic mass is 32.2. The van der Waals surface area contributed by atoms with Gasteiger partial charge in [-0.2, -0.15) is 0 Å². The Kier molecular flexibility index (Phi) is 8.71. The maximum absolute atomic E-state index is 12.8. The lowest BCUT2D eigenvalue weighted by Crippen LogP contribution is -2.31. The third kappa shape index (κ3) is 6.51. The highest BCUT2D eigenvalue weighted by Crippen LogP contribution is 2.42. The molecule has 28 heavy (non-hydrogen) atoms. The van der Waals surface area contributed by atoms with Crippen molar-refractivity contribution in [2.24, 2.45) is 17.8 Å². The molecule has 0 spiro atoms. The number of hydrogen-bond donors (Lipinski definition) is 1. The van der Waals surface area contributed by atoms with Crippen LogP contribution in [-0.4, -0.2) is 24.7 Å².